The summed E-state index contributed by atoms with van der Waals surface area (Å²) >= 11 is 0. The number of benzene rings is 5. The van der Waals surface area contributed by atoms with Gasteiger partial charge in [0.05, 0.1) is 59.3 Å². The average Bonchev–Trinajstić information content (AvgIpc) is 3.20. The molecular weight excluding hydrogens is 1110 g/mol. The van der Waals surface area contributed by atoms with Gasteiger partial charge in [0.25, 0.3) is 0 Å². The number of carbonyl (C=O) groups excluding carboxylic acids is 1. The summed E-state index contributed by atoms with van der Waals surface area (Å²) in [6.45, 7) is 0. The Morgan fingerprint density at radius 3 is 0.730 bits per heavy atom. The van der Waals surface area contributed by atoms with Crippen LogP contribution in [0.25, 0.3) is 0 Å². The van der Waals surface area contributed by atoms with Crippen molar-refractivity contribution in [3.05, 3.63) is 147 Å². The van der Waals surface area contributed by atoms with Crippen molar-refractivity contribution in [3.63, 3.8) is 0 Å². The van der Waals surface area contributed by atoms with E-state index in [2.05, 4.69) is 0 Å². The maximum absolute atomic E-state index is 14.2. The lowest BCUT2D eigenvalue weighted by molar-refractivity contribution is -0.144. The number of sulfone groups is 1. The number of halogens is 24. The standard InChI is InChI=1S/C32H12BF24.C11H15O4S2/c34-25(35,36)13-1-14(26(37,38)39)6-21(5-13)33(22-7-15(27(40,41)42)2-16(8-22)28(43,44)45,23-9-17(29(46,47)48)3-18(10-23)30(49,50)51)24-11-19(31(52,53)54)4-20(12-24)32(55,56)57;1-16(2,13)8-11(12)9-4-6-10(7-5-9)17(3,14)15/h1-12H;4-7H,8H2,1-3H3/q-1;+1. The van der Waals surface area contributed by atoms with Crippen molar-refractivity contribution in [2.75, 3.05) is 24.5 Å². The molecule has 0 unspecified atom stereocenters. The van der Waals surface area contributed by atoms with Crippen LogP contribution in [0.4, 0.5) is 105 Å². The first-order valence-electron chi connectivity index (χ1n) is 19.5. The van der Waals surface area contributed by atoms with Gasteiger partial charge in [0.15, 0.2) is 15.6 Å². The fourth-order valence-electron chi connectivity index (χ4n) is 7.36. The molecule has 0 atom stereocenters. The first-order chi connectivity index (χ1) is 32.9. The molecule has 0 spiro atoms. The molecule has 5 aromatic carbocycles. The second-order valence-corrected chi connectivity index (χ2v) is 21.7. The summed E-state index contributed by atoms with van der Waals surface area (Å²) in [7, 11) is -5.38. The number of rotatable bonds is 8. The van der Waals surface area contributed by atoms with Crippen LogP contribution in [0.15, 0.2) is 102 Å². The highest BCUT2D eigenvalue weighted by atomic mass is 32.2. The third-order valence-corrected chi connectivity index (χ3v) is 12.6. The summed E-state index contributed by atoms with van der Waals surface area (Å²) in [6.07, 6.45) is -50.7. The highest BCUT2D eigenvalue weighted by molar-refractivity contribution is 8.02. The van der Waals surface area contributed by atoms with Gasteiger partial charge in [0, 0.05) is 11.8 Å². The van der Waals surface area contributed by atoms with Gasteiger partial charge >= 0.3 is 49.4 Å². The van der Waals surface area contributed by atoms with Crippen molar-refractivity contribution in [3.8, 4) is 0 Å². The zero-order valence-electron chi connectivity index (χ0n) is 36.5. The van der Waals surface area contributed by atoms with E-state index in [9.17, 15) is 123 Å². The molecule has 0 heterocycles. The van der Waals surface area contributed by atoms with Crippen LogP contribution in [0, 0.1) is 0 Å². The molecule has 4 nitrogen and oxygen atoms in total. The number of hydrogen-bond donors (Lipinski definition) is 0. The van der Waals surface area contributed by atoms with Crippen molar-refractivity contribution in [2.24, 2.45) is 0 Å². The Morgan fingerprint density at radius 1 is 0.392 bits per heavy atom. The zero-order chi connectivity index (χ0) is 57.2. The summed E-state index contributed by atoms with van der Waals surface area (Å²) in [5.74, 6) is -0.259. The molecule has 0 saturated heterocycles. The molecule has 31 heteroatoms. The highest BCUT2D eigenvalue weighted by Gasteiger charge is 2.47. The third-order valence-electron chi connectivity index (χ3n) is 10.5. The Hall–Kier alpha value is -5.75. The van der Waals surface area contributed by atoms with Crippen molar-refractivity contribution in [1.82, 2.24) is 0 Å². The van der Waals surface area contributed by atoms with E-state index in [1.54, 1.807) is 0 Å². The predicted octanol–water partition coefficient (Wildman–Crippen LogP) is 12.2. The molecule has 5 rings (SSSR count). The van der Waals surface area contributed by atoms with Crippen molar-refractivity contribution >= 4 is 53.6 Å². The van der Waals surface area contributed by atoms with Crippen LogP contribution >= 0.6 is 0 Å². The molecule has 0 aliphatic carbocycles. The second-order valence-electron chi connectivity index (χ2n) is 16.5. The monoisotopic (exact) mass is 1140 g/mol. The van der Waals surface area contributed by atoms with E-state index in [0.717, 1.165) is 6.26 Å². The molecule has 0 aromatic heterocycles. The van der Waals surface area contributed by atoms with Gasteiger partial charge in [0.1, 0.15) is 18.7 Å². The summed E-state index contributed by atoms with van der Waals surface area (Å²) in [5.41, 5.74) is -29.8. The van der Waals surface area contributed by atoms with Crippen LogP contribution in [0.2, 0.25) is 0 Å². The van der Waals surface area contributed by atoms with Gasteiger partial charge < -0.3 is 0 Å². The van der Waals surface area contributed by atoms with E-state index in [1.165, 1.54) is 36.8 Å². The first-order valence-corrected chi connectivity index (χ1v) is 23.9. The molecule has 0 radical (unpaired) electrons. The predicted molar refractivity (Wildman–Crippen MR) is 219 cm³/mol. The SMILES string of the molecule is CS(=O)(=O)c1ccc(C(=O)C[S+](C)(C)=O)cc1.FC(F)(F)c1cc([B-](c2cc(C(F)(F)F)cc(C(F)(F)F)c2)(c2cc(C(F)(F)F)cc(C(F)(F)F)c2)c2cc(C(F)(F)F)cc(C(F)(F)F)c2)cc(C(F)(F)F)c1. The Morgan fingerprint density at radius 2 is 0.581 bits per heavy atom. The molecule has 5 aromatic rings. The molecule has 0 aliphatic rings. The Labute approximate surface area is 401 Å². The number of alkyl halides is 24. The fraction of sp³-hybridized carbons (Fsp3) is 0.279. The fourth-order valence-corrected chi connectivity index (χ4v) is 8.79. The van der Waals surface area contributed by atoms with E-state index >= 15 is 0 Å². The normalized spacial score (nSPS) is 13.9. The summed E-state index contributed by atoms with van der Waals surface area (Å²) in [5, 5.41) is 0. The van der Waals surface area contributed by atoms with E-state index in [-0.39, 0.29) is 16.4 Å². The molecule has 406 valence electrons. The van der Waals surface area contributed by atoms with E-state index < -0.39 is 214 Å². The average molecular weight is 1140 g/mol. The quantitative estimate of drug-likeness (QED) is 0.0672. The smallest absolute Gasteiger partial charge is 0.289 e. The van der Waals surface area contributed by atoms with Gasteiger partial charge in [-0.3, -0.25) is 4.79 Å². The van der Waals surface area contributed by atoms with Crippen molar-refractivity contribution in [2.45, 2.75) is 54.3 Å². The molecule has 0 fully saturated rings. The lowest BCUT2D eigenvalue weighted by Gasteiger charge is -2.46. The molecule has 74 heavy (non-hydrogen) atoms. The minimum Gasteiger partial charge on any atom is -0.289 e. The van der Waals surface area contributed by atoms with Gasteiger partial charge in [-0.1, -0.05) is 48.5 Å². The number of ketones is 1. The lowest BCUT2D eigenvalue weighted by Crippen LogP contribution is -2.75. The molecule has 0 aliphatic heterocycles. The van der Waals surface area contributed by atoms with Gasteiger partial charge in [-0.05, 0) is 48.5 Å². The van der Waals surface area contributed by atoms with E-state index in [4.69, 9.17) is 0 Å². The summed E-state index contributed by atoms with van der Waals surface area (Å²) in [6, 6.07) is -3.14. The van der Waals surface area contributed by atoms with E-state index in [0.29, 0.717) is 5.56 Å². The van der Waals surface area contributed by atoms with Crippen molar-refractivity contribution < 1.29 is 123 Å². The lowest BCUT2D eigenvalue weighted by atomic mass is 9.12. The first kappa shape index (κ1) is 60.8. The van der Waals surface area contributed by atoms with Crippen molar-refractivity contribution in [1.29, 1.82) is 0 Å². The molecule has 0 saturated carbocycles. The molecule has 0 bridgehead atoms. The van der Waals surface area contributed by atoms with Gasteiger partial charge in [0.2, 0.25) is 5.78 Å². The van der Waals surface area contributed by atoms with Crippen LogP contribution in [0.1, 0.15) is 54.9 Å². The van der Waals surface area contributed by atoms with Crippen LogP contribution in [0.5, 0.6) is 0 Å². The summed E-state index contributed by atoms with van der Waals surface area (Å²) < 4.78 is 375. The number of carbonyl (C=O) groups is 1. The van der Waals surface area contributed by atoms with Crippen LogP contribution < -0.4 is 21.9 Å². The number of hydrogen-bond acceptors (Lipinski definition) is 4. The zero-order valence-corrected chi connectivity index (χ0v) is 38.2. The van der Waals surface area contributed by atoms with Crippen LogP contribution in [-0.4, -0.2) is 44.9 Å². The molecule has 0 N–H and O–H groups in total. The highest BCUT2D eigenvalue weighted by Crippen LogP contribution is 2.41. The van der Waals surface area contributed by atoms with Crippen LogP contribution in [0.3, 0.4) is 0 Å². The van der Waals surface area contributed by atoms with Gasteiger partial charge in [-0.25, -0.2) is 8.42 Å². The van der Waals surface area contributed by atoms with Crippen LogP contribution in [-0.2, 0) is 73.4 Å². The minimum atomic E-state index is -6.13. The van der Waals surface area contributed by atoms with Gasteiger partial charge in [-0.2, -0.15) is 127 Å². The Balaban J connectivity index is 0.000000589. The van der Waals surface area contributed by atoms with E-state index in [1.807, 2.05) is 0 Å². The number of Topliss-reactive ketones (excluding diaryl/α,β-unsaturated/α-hetero) is 1. The minimum absolute atomic E-state index is 0.0226. The topological polar surface area (TPSA) is 68.3 Å². The Bertz CT molecular complexity index is 2630. The molecular formula is C43H27BF24O4S2. The molecule has 0 amide bonds. The van der Waals surface area contributed by atoms with Gasteiger partial charge in [-0.15, -0.1) is 4.21 Å². The maximum Gasteiger partial charge on any atom is 0.416 e. The largest absolute Gasteiger partial charge is 0.416 e. The Kier molecular flexibility index (Phi) is 16.2. The summed E-state index contributed by atoms with van der Waals surface area (Å²) in [4.78, 5) is 11.9. The maximum atomic E-state index is 14.2. The second kappa shape index (κ2) is 19.8. The third kappa shape index (κ3) is 14.5.